The first-order chi connectivity index (χ1) is 13.8. The van der Waals surface area contributed by atoms with E-state index in [1.807, 2.05) is 6.26 Å². The van der Waals surface area contributed by atoms with E-state index in [9.17, 15) is 22.0 Å². The molecular formula is C19H21F2NO5S2. The monoisotopic (exact) mass is 445 g/mol. The number of carbonyl (C=O) groups excluding carboxylic acids is 1. The molecule has 1 N–H and O–H groups in total. The van der Waals surface area contributed by atoms with Gasteiger partial charge in [0.1, 0.15) is 18.4 Å². The van der Waals surface area contributed by atoms with Crippen LogP contribution in [0.1, 0.15) is 12.0 Å². The van der Waals surface area contributed by atoms with E-state index in [1.165, 1.54) is 48.2 Å². The molecule has 29 heavy (non-hydrogen) atoms. The average Bonchev–Trinajstić information content (AvgIpc) is 2.70. The van der Waals surface area contributed by atoms with Crippen molar-refractivity contribution in [2.45, 2.75) is 30.6 Å². The van der Waals surface area contributed by atoms with Crippen molar-refractivity contribution in [1.82, 2.24) is 4.72 Å². The van der Waals surface area contributed by atoms with E-state index >= 15 is 0 Å². The maximum Gasteiger partial charge on any atom is 0.387 e. The highest BCUT2D eigenvalue weighted by Gasteiger charge is 2.26. The van der Waals surface area contributed by atoms with Gasteiger partial charge in [0.2, 0.25) is 10.0 Å². The van der Waals surface area contributed by atoms with Gasteiger partial charge in [-0.15, -0.1) is 0 Å². The molecule has 1 unspecified atom stereocenters. The van der Waals surface area contributed by atoms with E-state index in [4.69, 9.17) is 4.74 Å². The second-order valence-electron chi connectivity index (χ2n) is 5.90. The largest absolute Gasteiger partial charge is 0.460 e. The van der Waals surface area contributed by atoms with Gasteiger partial charge >= 0.3 is 12.6 Å². The van der Waals surface area contributed by atoms with Crippen LogP contribution in [0, 0.1) is 0 Å². The number of nitrogens with one attached hydrogen (secondary N) is 1. The molecule has 0 saturated carbocycles. The van der Waals surface area contributed by atoms with Gasteiger partial charge in [-0.05, 0) is 48.3 Å². The molecule has 158 valence electrons. The lowest BCUT2D eigenvalue weighted by Crippen LogP contribution is -2.42. The number of halogens is 2. The van der Waals surface area contributed by atoms with E-state index in [-0.39, 0.29) is 23.7 Å². The third-order valence-corrected chi connectivity index (χ3v) is 5.91. The van der Waals surface area contributed by atoms with Crippen molar-refractivity contribution in [2.75, 3.05) is 12.0 Å². The Hall–Kier alpha value is -2.17. The first-order valence-corrected chi connectivity index (χ1v) is 11.5. The van der Waals surface area contributed by atoms with Crippen LogP contribution in [0.15, 0.2) is 59.5 Å². The zero-order valence-corrected chi connectivity index (χ0v) is 17.2. The lowest BCUT2D eigenvalue weighted by atomic mass is 10.2. The zero-order valence-electron chi connectivity index (χ0n) is 15.6. The van der Waals surface area contributed by atoms with Gasteiger partial charge in [-0.1, -0.05) is 30.3 Å². The zero-order chi connectivity index (χ0) is 21.3. The predicted molar refractivity (Wildman–Crippen MR) is 106 cm³/mol. The van der Waals surface area contributed by atoms with Gasteiger partial charge in [0.05, 0.1) is 4.90 Å². The molecule has 0 saturated heterocycles. The smallest absolute Gasteiger partial charge is 0.387 e. The molecule has 0 radical (unpaired) electrons. The van der Waals surface area contributed by atoms with Gasteiger partial charge in [0.15, 0.2) is 0 Å². The minimum absolute atomic E-state index is 0.0106. The van der Waals surface area contributed by atoms with Crippen LogP contribution in [-0.2, 0) is 26.2 Å². The standard InChI is InChI=1S/C19H21F2NO5S2/c1-28-12-11-17(22-29(24,25)16-5-3-2-4-6-16)18(23)26-13-14-7-9-15(10-8-14)27-19(20)21/h2-10,17,19,22H,11-13H2,1H3. The summed E-state index contributed by atoms with van der Waals surface area (Å²) in [6.07, 6.45) is 2.10. The molecule has 0 amide bonds. The number of hydrogen-bond donors (Lipinski definition) is 1. The van der Waals surface area contributed by atoms with Gasteiger partial charge in [0.25, 0.3) is 0 Å². The normalized spacial score (nSPS) is 12.6. The Morgan fingerprint density at radius 1 is 1.10 bits per heavy atom. The highest BCUT2D eigenvalue weighted by molar-refractivity contribution is 7.98. The summed E-state index contributed by atoms with van der Waals surface area (Å²) in [5.74, 6) is -0.175. The van der Waals surface area contributed by atoms with E-state index in [0.717, 1.165) is 0 Å². The van der Waals surface area contributed by atoms with E-state index in [0.29, 0.717) is 11.3 Å². The molecule has 0 aliphatic heterocycles. The molecule has 0 spiro atoms. The molecule has 0 heterocycles. The van der Waals surface area contributed by atoms with Crippen molar-refractivity contribution >= 4 is 27.8 Å². The molecule has 0 aromatic heterocycles. The third kappa shape index (κ3) is 7.64. The Kier molecular flexibility index (Phi) is 8.87. The van der Waals surface area contributed by atoms with Gasteiger partial charge < -0.3 is 9.47 Å². The number of alkyl halides is 2. The minimum atomic E-state index is -3.88. The molecule has 0 bridgehead atoms. The summed E-state index contributed by atoms with van der Waals surface area (Å²) < 4.78 is 61.2. The van der Waals surface area contributed by atoms with Crippen LogP contribution in [0.5, 0.6) is 5.75 Å². The lowest BCUT2D eigenvalue weighted by Gasteiger charge is -2.17. The molecule has 2 aromatic rings. The summed E-state index contributed by atoms with van der Waals surface area (Å²) >= 11 is 1.47. The van der Waals surface area contributed by atoms with E-state index in [2.05, 4.69) is 9.46 Å². The number of rotatable bonds is 11. The van der Waals surface area contributed by atoms with Crippen LogP contribution in [0.4, 0.5) is 8.78 Å². The molecule has 2 rings (SSSR count). The minimum Gasteiger partial charge on any atom is -0.460 e. The Morgan fingerprint density at radius 3 is 2.34 bits per heavy atom. The second-order valence-corrected chi connectivity index (χ2v) is 8.60. The highest BCUT2D eigenvalue weighted by atomic mass is 32.2. The predicted octanol–water partition coefficient (Wildman–Crippen LogP) is 3.43. The topological polar surface area (TPSA) is 81.7 Å². The number of benzene rings is 2. The van der Waals surface area contributed by atoms with Crippen molar-refractivity contribution in [3.63, 3.8) is 0 Å². The molecule has 0 aliphatic rings. The Morgan fingerprint density at radius 2 is 1.76 bits per heavy atom. The summed E-state index contributed by atoms with van der Waals surface area (Å²) in [6.45, 7) is -3.05. The summed E-state index contributed by atoms with van der Waals surface area (Å²) in [6, 6.07) is 12.3. The van der Waals surface area contributed by atoms with Crippen LogP contribution in [0.3, 0.4) is 0 Å². The lowest BCUT2D eigenvalue weighted by molar-refractivity contribution is -0.147. The van der Waals surface area contributed by atoms with E-state index < -0.39 is 28.6 Å². The summed E-state index contributed by atoms with van der Waals surface area (Å²) in [5, 5.41) is 0. The number of esters is 1. The molecule has 0 aliphatic carbocycles. The fourth-order valence-electron chi connectivity index (χ4n) is 2.34. The molecule has 1 atom stereocenters. The molecule has 0 fully saturated rings. The summed E-state index contributed by atoms with van der Waals surface area (Å²) in [4.78, 5) is 12.5. The van der Waals surface area contributed by atoms with Crippen molar-refractivity contribution in [3.05, 3.63) is 60.2 Å². The van der Waals surface area contributed by atoms with Crippen molar-refractivity contribution in [3.8, 4) is 5.75 Å². The van der Waals surface area contributed by atoms with Gasteiger partial charge in [-0.2, -0.15) is 25.3 Å². The van der Waals surface area contributed by atoms with Gasteiger partial charge in [-0.3, -0.25) is 4.79 Å². The molecular weight excluding hydrogens is 424 g/mol. The van der Waals surface area contributed by atoms with Gasteiger partial charge in [0, 0.05) is 0 Å². The maximum atomic E-state index is 12.5. The Labute approximate surface area is 172 Å². The number of sulfonamides is 1. The quantitative estimate of drug-likeness (QED) is 0.534. The third-order valence-electron chi connectivity index (χ3n) is 3.78. The molecule has 2 aromatic carbocycles. The van der Waals surface area contributed by atoms with Crippen LogP contribution < -0.4 is 9.46 Å². The van der Waals surface area contributed by atoms with Crippen LogP contribution in [0.2, 0.25) is 0 Å². The first-order valence-electron chi connectivity index (χ1n) is 8.58. The van der Waals surface area contributed by atoms with E-state index in [1.54, 1.807) is 18.2 Å². The van der Waals surface area contributed by atoms with Crippen molar-refractivity contribution < 1.29 is 31.5 Å². The SMILES string of the molecule is CSCCC(NS(=O)(=O)c1ccccc1)C(=O)OCc1ccc(OC(F)F)cc1. The Balaban J connectivity index is 2.01. The van der Waals surface area contributed by atoms with Gasteiger partial charge in [-0.25, -0.2) is 8.42 Å². The van der Waals surface area contributed by atoms with Crippen LogP contribution in [-0.4, -0.2) is 39.0 Å². The average molecular weight is 446 g/mol. The highest BCUT2D eigenvalue weighted by Crippen LogP contribution is 2.16. The second kappa shape index (κ2) is 11.1. The van der Waals surface area contributed by atoms with Crippen molar-refractivity contribution in [2.24, 2.45) is 0 Å². The fourth-order valence-corrected chi connectivity index (χ4v) is 4.05. The number of carbonyl (C=O) groups is 1. The van der Waals surface area contributed by atoms with Crippen LogP contribution >= 0.6 is 11.8 Å². The number of thioether (sulfide) groups is 1. The summed E-state index contributed by atoms with van der Waals surface area (Å²) in [7, 11) is -3.88. The Bertz CT molecular complexity index is 877. The van der Waals surface area contributed by atoms with Crippen LogP contribution in [0.25, 0.3) is 0 Å². The molecule has 10 heteroatoms. The summed E-state index contributed by atoms with van der Waals surface area (Å²) in [5.41, 5.74) is 0.550. The number of hydrogen-bond acceptors (Lipinski definition) is 6. The first kappa shape index (κ1) is 23.1. The fraction of sp³-hybridized carbons (Fsp3) is 0.316. The molecule has 6 nitrogen and oxygen atoms in total. The number of ether oxygens (including phenoxy) is 2. The van der Waals surface area contributed by atoms with Crippen molar-refractivity contribution in [1.29, 1.82) is 0 Å². The maximum absolute atomic E-state index is 12.5.